The van der Waals surface area contributed by atoms with E-state index in [0.29, 0.717) is 5.69 Å². The molecule has 7 heteroatoms. The topological polar surface area (TPSA) is 64.0 Å². The highest BCUT2D eigenvalue weighted by Gasteiger charge is 2.15. The van der Waals surface area contributed by atoms with Gasteiger partial charge in [-0.15, -0.1) is 0 Å². The summed E-state index contributed by atoms with van der Waals surface area (Å²) in [6, 6.07) is 6.89. The third kappa shape index (κ3) is 2.86. The number of rotatable bonds is 3. The van der Waals surface area contributed by atoms with Crippen molar-refractivity contribution in [2.24, 2.45) is 7.05 Å². The lowest BCUT2D eigenvalue weighted by atomic mass is 10.3. The average Bonchev–Trinajstić information content (AvgIpc) is 2.69. The Morgan fingerprint density at radius 2 is 1.94 bits per heavy atom. The van der Waals surface area contributed by atoms with Gasteiger partial charge in [0.2, 0.25) is 0 Å². The van der Waals surface area contributed by atoms with Gasteiger partial charge in [-0.3, -0.25) is 9.40 Å². The Morgan fingerprint density at radius 3 is 2.47 bits per heavy atom. The lowest BCUT2D eigenvalue weighted by Crippen LogP contribution is -2.12. The zero-order chi connectivity index (χ0) is 12.5. The molecule has 0 aliphatic carbocycles. The molecule has 0 aliphatic heterocycles. The van der Waals surface area contributed by atoms with Gasteiger partial charge in [-0.2, -0.15) is 5.10 Å². The Morgan fingerprint density at radius 1 is 1.29 bits per heavy atom. The number of nitrogens with one attached hydrogen (secondary N) is 1. The maximum Gasteiger partial charge on any atom is 0.265 e. The number of hydrogen-bond donors (Lipinski definition) is 1. The second-order valence-corrected chi connectivity index (χ2v) is 6.06. The molecular formula is C10H10BrN3O2S. The van der Waals surface area contributed by atoms with Gasteiger partial charge >= 0.3 is 0 Å². The van der Waals surface area contributed by atoms with E-state index >= 15 is 0 Å². The van der Waals surface area contributed by atoms with Crippen molar-refractivity contribution < 1.29 is 8.42 Å². The molecule has 2 aromatic rings. The highest BCUT2D eigenvalue weighted by atomic mass is 79.9. The quantitative estimate of drug-likeness (QED) is 0.942. The van der Waals surface area contributed by atoms with Crippen LogP contribution in [0.5, 0.6) is 0 Å². The molecule has 0 fully saturated rings. The largest absolute Gasteiger partial charge is 0.280 e. The number of anilines is 1. The van der Waals surface area contributed by atoms with E-state index in [0.717, 1.165) is 4.47 Å². The summed E-state index contributed by atoms with van der Waals surface area (Å²) in [5, 5.41) is 3.83. The van der Waals surface area contributed by atoms with Crippen molar-refractivity contribution >= 4 is 31.6 Å². The van der Waals surface area contributed by atoms with Crippen molar-refractivity contribution in [3.8, 4) is 0 Å². The Kier molecular flexibility index (Phi) is 3.21. The molecule has 0 amide bonds. The van der Waals surface area contributed by atoms with Gasteiger partial charge in [0.1, 0.15) is 4.90 Å². The van der Waals surface area contributed by atoms with Crippen LogP contribution in [0.1, 0.15) is 0 Å². The fourth-order valence-electron chi connectivity index (χ4n) is 1.27. The summed E-state index contributed by atoms with van der Waals surface area (Å²) in [6.45, 7) is 0. The highest BCUT2D eigenvalue weighted by molar-refractivity contribution is 9.10. The van der Waals surface area contributed by atoms with Crippen LogP contribution in [-0.4, -0.2) is 18.2 Å². The summed E-state index contributed by atoms with van der Waals surface area (Å²) in [6.07, 6.45) is 2.75. The molecule has 1 aromatic heterocycles. The van der Waals surface area contributed by atoms with Crippen molar-refractivity contribution in [1.29, 1.82) is 0 Å². The number of benzene rings is 1. The molecule has 90 valence electrons. The molecule has 1 aromatic carbocycles. The van der Waals surface area contributed by atoms with Crippen molar-refractivity contribution in [1.82, 2.24) is 9.78 Å². The molecule has 0 aliphatic rings. The van der Waals surface area contributed by atoms with Crippen molar-refractivity contribution in [3.05, 3.63) is 41.1 Å². The Hall–Kier alpha value is -1.34. The summed E-state index contributed by atoms with van der Waals surface area (Å²) in [5.74, 6) is 0. The van der Waals surface area contributed by atoms with Crippen LogP contribution in [0.4, 0.5) is 5.69 Å². The first-order chi connectivity index (χ1) is 7.97. The number of sulfonamides is 1. The minimum atomic E-state index is -3.55. The third-order valence-electron chi connectivity index (χ3n) is 2.09. The highest BCUT2D eigenvalue weighted by Crippen LogP contribution is 2.18. The zero-order valence-corrected chi connectivity index (χ0v) is 11.4. The SMILES string of the molecule is Cn1cc(S(=O)(=O)Nc2ccc(Br)cc2)cn1. The van der Waals surface area contributed by atoms with E-state index in [1.807, 2.05) is 0 Å². The smallest absolute Gasteiger partial charge is 0.265 e. The Labute approximate surface area is 108 Å². The van der Waals surface area contributed by atoms with Gasteiger partial charge in [0.25, 0.3) is 10.0 Å². The molecule has 5 nitrogen and oxygen atoms in total. The second kappa shape index (κ2) is 4.50. The summed E-state index contributed by atoms with van der Waals surface area (Å²) in [5.41, 5.74) is 0.511. The Balaban J connectivity index is 2.26. The average molecular weight is 316 g/mol. The van der Waals surface area contributed by atoms with E-state index in [1.165, 1.54) is 17.1 Å². The number of nitrogens with zero attached hydrogens (tertiary/aromatic N) is 2. The monoisotopic (exact) mass is 315 g/mol. The van der Waals surface area contributed by atoms with E-state index in [1.54, 1.807) is 31.3 Å². The van der Waals surface area contributed by atoms with Gasteiger partial charge in [-0.25, -0.2) is 8.42 Å². The van der Waals surface area contributed by atoms with Crippen LogP contribution in [0.15, 0.2) is 46.0 Å². The van der Waals surface area contributed by atoms with Crippen molar-refractivity contribution in [3.63, 3.8) is 0 Å². The predicted octanol–water partition coefficient (Wildman–Crippen LogP) is 1.98. The molecule has 0 spiro atoms. The molecule has 0 saturated heterocycles. The van der Waals surface area contributed by atoms with E-state index < -0.39 is 10.0 Å². The molecule has 0 saturated carbocycles. The summed E-state index contributed by atoms with van der Waals surface area (Å²) in [4.78, 5) is 0.142. The lowest BCUT2D eigenvalue weighted by Gasteiger charge is -2.05. The molecule has 0 radical (unpaired) electrons. The van der Waals surface area contributed by atoms with Gasteiger partial charge in [0.15, 0.2) is 0 Å². The standard InChI is InChI=1S/C10H10BrN3O2S/c1-14-7-10(6-12-14)17(15,16)13-9-4-2-8(11)3-5-9/h2-7,13H,1H3. The van der Waals surface area contributed by atoms with E-state index in [4.69, 9.17) is 0 Å². The first kappa shape index (κ1) is 12.1. The van der Waals surface area contributed by atoms with Gasteiger partial charge in [0, 0.05) is 23.4 Å². The van der Waals surface area contributed by atoms with Crippen LogP contribution < -0.4 is 4.72 Å². The first-order valence-corrected chi connectivity index (χ1v) is 7.02. The normalized spacial score (nSPS) is 11.4. The predicted molar refractivity (Wildman–Crippen MR) is 68.2 cm³/mol. The first-order valence-electron chi connectivity index (χ1n) is 4.74. The van der Waals surface area contributed by atoms with E-state index in [-0.39, 0.29) is 4.90 Å². The van der Waals surface area contributed by atoms with E-state index in [2.05, 4.69) is 25.8 Å². The number of aromatic nitrogens is 2. The van der Waals surface area contributed by atoms with Crippen LogP contribution in [0.2, 0.25) is 0 Å². The molecule has 17 heavy (non-hydrogen) atoms. The van der Waals surface area contributed by atoms with Gasteiger partial charge < -0.3 is 0 Å². The molecular weight excluding hydrogens is 306 g/mol. The van der Waals surface area contributed by atoms with Gasteiger partial charge in [0.05, 0.1) is 6.20 Å². The maximum atomic E-state index is 11.9. The van der Waals surface area contributed by atoms with Crippen LogP contribution in [0.3, 0.4) is 0 Å². The van der Waals surface area contributed by atoms with Crippen LogP contribution in [-0.2, 0) is 17.1 Å². The minimum Gasteiger partial charge on any atom is -0.280 e. The van der Waals surface area contributed by atoms with Crippen molar-refractivity contribution in [2.45, 2.75) is 4.90 Å². The molecule has 0 atom stereocenters. The third-order valence-corrected chi connectivity index (χ3v) is 3.95. The Bertz CT molecular complexity index is 619. The number of halogens is 1. The lowest BCUT2D eigenvalue weighted by molar-refractivity contribution is 0.601. The van der Waals surface area contributed by atoms with Crippen molar-refractivity contribution in [2.75, 3.05) is 4.72 Å². The van der Waals surface area contributed by atoms with Crippen LogP contribution >= 0.6 is 15.9 Å². The fraction of sp³-hybridized carbons (Fsp3) is 0.100. The number of aryl methyl sites for hydroxylation is 1. The summed E-state index contributed by atoms with van der Waals surface area (Å²) < 4.78 is 28.7. The van der Waals surface area contributed by atoms with Gasteiger partial charge in [-0.05, 0) is 24.3 Å². The minimum absolute atomic E-state index is 0.142. The maximum absolute atomic E-state index is 11.9. The summed E-state index contributed by atoms with van der Waals surface area (Å²) in [7, 11) is -1.89. The van der Waals surface area contributed by atoms with Gasteiger partial charge in [-0.1, -0.05) is 15.9 Å². The fourth-order valence-corrected chi connectivity index (χ4v) is 2.58. The second-order valence-electron chi connectivity index (χ2n) is 3.46. The molecule has 2 rings (SSSR count). The molecule has 0 bridgehead atoms. The van der Waals surface area contributed by atoms with Crippen LogP contribution in [0.25, 0.3) is 0 Å². The molecule has 0 unspecified atom stereocenters. The van der Waals surface area contributed by atoms with E-state index in [9.17, 15) is 8.42 Å². The number of hydrogen-bond acceptors (Lipinski definition) is 3. The zero-order valence-electron chi connectivity index (χ0n) is 8.96. The molecule has 1 N–H and O–H groups in total. The summed E-state index contributed by atoms with van der Waals surface area (Å²) >= 11 is 3.28. The van der Waals surface area contributed by atoms with Crippen LogP contribution in [0, 0.1) is 0 Å². The molecule has 1 heterocycles.